The van der Waals surface area contributed by atoms with Crippen LogP contribution in [-0.2, 0) is 11.2 Å². The fourth-order valence-corrected chi connectivity index (χ4v) is 2.03. The molecule has 1 aromatic rings. The molecule has 1 aromatic carbocycles. The first-order valence-corrected chi connectivity index (χ1v) is 6.01. The summed E-state index contributed by atoms with van der Waals surface area (Å²) in [4.78, 5) is 10.8. The van der Waals surface area contributed by atoms with E-state index in [4.69, 9.17) is 9.84 Å². The van der Waals surface area contributed by atoms with Crippen LogP contribution in [0.25, 0.3) is 0 Å². The van der Waals surface area contributed by atoms with Crippen molar-refractivity contribution in [1.29, 1.82) is 0 Å². The Morgan fingerprint density at radius 3 is 2.71 bits per heavy atom. The van der Waals surface area contributed by atoms with E-state index < -0.39 is 5.97 Å². The number of benzene rings is 1. The lowest BCUT2D eigenvalue weighted by atomic mass is 10.0. The first-order valence-electron chi connectivity index (χ1n) is 6.01. The van der Waals surface area contributed by atoms with Crippen LogP contribution in [0, 0.1) is 19.8 Å². The van der Waals surface area contributed by atoms with Crippen LogP contribution in [0.2, 0.25) is 0 Å². The molecule has 0 amide bonds. The van der Waals surface area contributed by atoms with Crippen molar-refractivity contribution in [2.75, 3.05) is 6.61 Å². The molecule has 0 bridgehead atoms. The maximum absolute atomic E-state index is 10.8. The lowest BCUT2D eigenvalue weighted by Gasteiger charge is -2.14. The van der Waals surface area contributed by atoms with E-state index in [0.717, 1.165) is 29.0 Å². The normalized spacial score (nSPS) is 14.7. The topological polar surface area (TPSA) is 46.5 Å². The minimum absolute atomic E-state index is 0.0303. The average Bonchev–Trinajstić information content (AvgIpc) is 2.98. The Balaban J connectivity index is 2.21. The van der Waals surface area contributed by atoms with E-state index in [1.165, 1.54) is 12.8 Å². The fourth-order valence-electron chi connectivity index (χ4n) is 2.03. The molecular formula is C14H18O3. The van der Waals surface area contributed by atoms with Gasteiger partial charge in [-0.25, -0.2) is 0 Å². The molecule has 1 aliphatic rings. The summed E-state index contributed by atoms with van der Waals surface area (Å²) >= 11 is 0. The zero-order chi connectivity index (χ0) is 12.4. The first-order chi connectivity index (χ1) is 8.06. The zero-order valence-electron chi connectivity index (χ0n) is 10.3. The summed E-state index contributed by atoms with van der Waals surface area (Å²) < 4.78 is 5.78. The number of aryl methyl sites for hydroxylation is 2. The molecule has 0 spiro atoms. The van der Waals surface area contributed by atoms with Crippen LogP contribution in [0.15, 0.2) is 12.1 Å². The molecule has 1 N–H and O–H groups in total. The predicted molar refractivity (Wildman–Crippen MR) is 65.5 cm³/mol. The van der Waals surface area contributed by atoms with Crippen LogP contribution in [-0.4, -0.2) is 17.7 Å². The highest BCUT2D eigenvalue weighted by atomic mass is 16.5. The Kier molecular flexibility index (Phi) is 3.36. The van der Waals surface area contributed by atoms with Gasteiger partial charge in [-0.1, -0.05) is 17.7 Å². The van der Waals surface area contributed by atoms with E-state index in [9.17, 15) is 4.79 Å². The van der Waals surface area contributed by atoms with Crippen molar-refractivity contribution >= 4 is 5.97 Å². The number of aliphatic carboxylic acids is 1. The lowest BCUT2D eigenvalue weighted by Crippen LogP contribution is -2.07. The monoisotopic (exact) mass is 234 g/mol. The van der Waals surface area contributed by atoms with E-state index in [1.807, 2.05) is 26.0 Å². The third-order valence-corrected chi connectivity index (χ3v) is 3.00. The number of ether oxygens (including phenoxy) is 1. The first kappa shape index (κ1) is 12.0. The van der Waals surface area contributed by atoms with Gasteiger partial charge in [0.2, 0.25) is 0 Å². The van der Waals surface area contributed by atoms with E-state index in [2.05, 4.69) is 0 Å². The number of carboxylic acid groups (broad SMARTS) is 1. The molecule has 2 rings (SSSR count). The largest absolute Gasteiger partial charge is 0.493 e. The molecule has 1 fully saturated rings. The average molecular weight is 234 g/mol. The maximum atomic E-state index is 10.8. The molecule has 0 radical (unpaired) electrons. The second kappa shape index (κ2) is 4.78. The number of hydrogen-bond acceptors (Lipinski definition) is 2. The highest BCUT2D eigenvalue weighted by molar-refractivity contribution is 5.72. The van der Waals surface area contributed by atoms with Crippen molar-refractivity contribution in [3.8, 4) is 5.75 Å². The van der Waals surface area contributed by atoms with Gasteiger partial charge in [0.15, 0.2) is 0 Å². The van der Waals surface area contributed by atoms with Gasteiger partial charge in [0.1, 0.15) is 5.75 Å². The van der Waals surface area contributed by atoms with Crippen molar-refractivity contribution < 1.29 is 14.6 Å². The van der Waals surface area contributed by atoms with Crippen LogP contribution in [0.1, 0.15) is 29.5 Å². The zero-order valence-corrected chi connectivity index (χ0v) is 10.3. The number of hydrogen-bond donors (Lipinski definition) is 1. The summed E-state index contributed by atoms with van der Waals surface area (Å²) in [5.74, 6) is 0.629. The number of carboxylic acids is 1. The highest BCUT2D eigenvalue weighted by Gasteiger charge is 2.23. The van der Waals surface area contributed by atoms with Crippen LogP contribution in [0.3, 0.4) is 0 Å². The van der Waals surface area contributed by atoms with Gasteiger partial charge in [-0.05, 0) is 38.2 Å². The molecular weight excluding hydrogens is 216 g/mol. The summed E-state index contributed by atoms with van der Waals surface area (Å²) in [5, 5.41) is 8.91. The van der Waals surface area contributed by atoms with Crippen molar-refractivity contribution in [3.05, 3.63) is 28.8 Å². The highest BCUT2D eigenvalue weighted by Crippen LogP contribution is 2.32. The summed E-state index contributed by atoms with van der Waals surface area (Å²) in [5.41, 5.74) is 2.90. The SMILES string of the molecule is Cc1cc(C)c(OCC2CC2)c(CC(=O)O)c1. The standard InChI is InChI=1S/C14H18O3/c1-9-5-10(2)14(17-8-11-3-4-11)12(6-9)7-13(15)16/h5-6,11H,3-4,7-8H2,1-2H3,(H,15,16). The third kappa shape index (κ3) is 3.22. The molecule has 0 aromatic heterocycles. The van der Waals surface area contributed by atoms with Gasteiger partial charge >= 0.3 is 5.97 Å². The molecule has 0 unspecified atom stereocenters. The molecule has 17 heavy (non-hydrogen) atoms. The minimum Gasteiger partial charge on any atom is -0.493 e. The Labute approximate surface area is 101 Å². The molecule has 1 saturated carbocycles. The predicted octanol–water partition coefficient (Wildman–Crippen LogP) is 2.72. The van der Waals surface area contributed by atoms with E-state index >= 15 is 0 Å². The Morgan fingerprint density at radius 1 is 1.41 bits per heavy atom. The van der Waals surface area contributed by atoms with Gasteiger partial charge < -0.3 is 9.84 Å². The van der Waals surface area contributed by atoms with Crippen LogP contribution in [0.5, 0.6) is 5.75 Å². The smallest absolute Gasteiger partial charge is 0.307 e. The van der Waals surface area contributed by atoms with Crippen molar-refractivity contribution in [3.63, 3.8) is 0 Å². The van der Waals surface area contributed by atoms with Crippen molar-refractivity contribution in [2.24, 2.45) is 5.92 Å². The van der Waals surface area contributed by atoms with E-state index in [0.29, 0.717) is 5.92 Å². The number of rotatable bonds is 5. The minimum atomic E-state index is -0.814. The summed E-state index contributed by atoms with van der Waals surface area (Å²) in [6.07, 6.45) is 2.50. The summed E-state index contributed by atoms with van der Waals surface area (Å²) in [7, 11) is 0. The Hall–Kier alpha value is -1.51. The van der Waals surface area contributed by atoms with Gasteiger partial charge in [-0.2, -0.15) is 0 Å². The summed E-state index contributed by atoms with van der Waals surface area (Å²) in [6.45, 7) is 4.67. The van der Waals surface area contributed by atoms with E-state index in [-0.39, 0.29) is 6.42 Å². The molecule has 1 aliphatic carbocycles. The van der Waals surface area contributed by atoms with Crippen LogP contribution in [0.4, 0.5) is 0 Å². The molecule has 92 valence electrons. The Bertz CT molecular complexity index is 433. The lowest BCUT2D eigenvalue weighted by molar-refractivity contribution is -0.136. The second-order valence-corrected chi connectivity index (χ2v) is 4.89. The molecule has 3 nitrogen and oxygen atoms in total. The fraction of sp³-hybridized carbons (Fsp3) is 0.500. The van der Waals surface area contributed by atoms with Gasteiger partial charge in [0.25, 0.3) is 0 Å². The van der Waals surface area contributed by atoms with Crippen LogP contribution >= 0.6 is 0 Å². The third-order valence-electron chi connectivity index (χ3n) is 3.00. The van der Waals surface area contributed by atoms with Crippen molar-refractivity contribution in [2.45, 2.75) is 33.1 Å². The van der Waals surface area contributed by atoms with Gasteiger partial charge in [0, 0.05) is 5.56 Å². The molecule has 0 atom stereocenters. The molecule has 0 aliphatic heterocycles. The van der Waals surface area contributed by atoms with Crippen molar-refractivity contribution in [1.82, 2.24) is 0 Å². The molecule has 0 heterocycles. The van der Waals surface area contributed by atoms with Gasteiger partial charge in [-0.15, -0.1) is 0 Å². The van der Waals surface area contributed by atoms with Crippen LogP contribution < -0.4 is 4.74 Å². The molecule has 0 saturated heterocycles. The summed E-state index contributed by atoms with van der Waals surface area (Å²) in [6, 6.07) is 3.94. The molecule has 3 heteroatoms. The Morgan fingerprint density at radius 2 is 2.12 bits per heavy atom. The van der Waals surface area contributed by atoms with Gasteiger partial charge in [0.05, 0.1) is 13.0 Å². The number of carbonyl (C=O) groups is 1. The van der Waals surface area contributed by atoms with Gasteiger partial charge in [-0.3, -0.25) is 4.79 Å². The van der Waals surface area contributed by atoms with E-state index in [1.54, 1.807) is 0 Å². The maximum Gasteiger partial charge on any atom is 0.307 e. The quantitative estimate of drug-likeness (QED) is 0.852. The second-order valence-electron chi connectivity index (χ2n) is 4.89.